The molecule has 0 aliphatic heterocycles. The third-order valence-corrected chi connectivity index (χ3v) is 5.90. The highest BCUT2D eigenvalue weighted by atomic mass is 31.0. The van der Waals surface area contributed by atoms with E-state index in [1.54, 1.807) is 7.11 Å². The Morgan fingerprint density at radius 1 is 1.08 bits per heavy atom. The third kappa shape index (κ3) is 4.96. The van der Waals surface area contributed by atoms with E-state index >= 15 is 0 Å². The van der Waals surface area contributed by atoms with Crippen LogP contribution in [0, 0.1) is 5.92 Å². The maximum absolute atomic E-state index is 9.57. The molecule has 0 amide bonds. The van der Waals surface area contributed by atoms with Crippen molar-refractivity contribution >= 4 is 14.5 Å². The van der Waals surface area contributed by atoms with Crippen LogP contribution in [-0.4, -0.2) is 18.3 Å². The molecule has 0 aromatic heterocycles. The molecule has 2 aromatic rings. The molecule has 1 aliphatic carbocycles. The van der Waals surface area contributed by atoms with Crippen molar-refractivity contribution < 1.29 is 9.84 Å². The highest BCUT2D eigenvalue weighted by Gasteiger charge is 2.16. The van der Waals surface area contributed by atoms with E-state index < -0.39 is 0 Å². The van der Waals surface area contributed by atoms with Crippen LogP contribution in [0.4, 0.5) is 0 Å². The standard InChI is InChI=1S/C23H29O2P/c1-25-22-8-4-7-21(23(22)26)19-13-9-17(10-14-19)5-2-3-6-18-11-15-20(24)16-12-18/h3-4,6-10,13-14,18,20,24H,2,5,11-12,15-16,26H2,1H3/b6-3+. The number of aliphatic hydroxyl groups excluding tert-OH is 1. The first-order chi connectivity index (χ1) is 12.7. The van der Waals surface area contributed by atoms with E-state index in [-0.39, 0.29) is 6.10 Å². The van der Waals surface area contributed by atoms with Gasteiger partial charge in [0.05, 0.1) is 13.2 Å². The fourth-order valence-electron chi connectivity index (χ4n) is 3.66. The minimum atomic E-state index is -0.0650. The zero-order chi connectivity index (χ0) is 18.4. The van der Waals surface area contributed by atoms with Crippen LogP contribution in [0.1, 0.15) is 37.7 Å². The summed E-state index contributed by atoms with van der Waals surface area (Å²) in [6.07, 6.45) is 10.9. The molecule has 0 heterocycles. The Balaban J connectivity index is 1.55. The van der Waals surface area contributed by atoms with Crippen molar-refractivity contribution in [2.45, 2.75) is 44.6 Å². The molecular formula is C23H29O2P. The Bertz CT molecular complexity index is 728. The molecule has 3 heteroatoms. The van der Waals surface area contributed by atoms with Gasteiger partial charge in [0.15, 0.2) is 0 Å². The van der Waals surface area contributed by atoms with Crippen molar-refractivity contribution in [1.82, 2.24) is 0 Å². The number of ether oxygens (including phenoxy) is 1. The zero-order valence-corrected chi connectivity index (χ0v) is 16.7. The highest BCUT2D eigenvalue weighted by Crippen LogP contribution is 2.26. The number of benzene rings is 2. The maximum atomic E-state index is 9.57. The summed E-state index contributed by atoms with van der Waals surface area (Å²) >= 11 is 0. The van der Waals surface area contributed by atoms with E-state index in [0.717, 1.165) is 49.6 Å². The Kier molecular flexibility index (Phi) is 6.88. The Morgan fingerprint density at radius 2 is 1.81 bits per heavy atom. The molecule has 2 nitrogen and oxygen atoms in total. The highest BCUT2D eigenvalue weighted by molar-refractivity contribution is 7.28. The van der Waals surface area contributed by atoms with Crippen LogP contribution in [0.2, 0.25) is 0 Å². The molecule has 138 valence electrons. The van der Waals surface area contributed by atoms with Crippen molar-refractivity contribution in [2.24, 2.45) is 5.92 Å². The lowest BCUT2D eigenvalue weighted by Gasteiger charge is -2.22. The molecule has 1 fully saturated rings. The number of aryl methyl sites for hydroxylation is 1. The first-order valence-corrected chi connectivity index (χ1v) is 10.1. The summed E-state index contributed by atoms with van der Waals surface area (Å²) in [5.74, 6) is 1.56. The lowest BCUT2D eigenvalue weighted by molar-refractivity contribution is 0.118. The largest absolute Gasteiger partial charge is 0.496 e. The van der Waals surface area contributed by atoms with E-state index in [2.05, 4.69) is 51.7 Å². The minimum absolute atomic E-state index is 0.0650. The first-order valence-electron chi connectivity index (χ1n) is 9.54. The first kappa shape index (κ1) is 19.1. The predicted molar refractivity (Wildman–Crippen MR) is 113 cm³/mol. The Hall–Kier alpha value is -1.63. The average molecular weight is 368 g/mol. The SMILES string of the molecule is COc1cccc(-c2ccc(CC/C=C/C3CCC(O)CC3)cc2)c1P. The molecule has 1 aliphatic rings. The van der Waals surface area contributed by atoms with Crippen molar-refractivity contribution in [2.75, 3.05) is 7.11 Å². The normalized spacial score (nSPS) is 20.4. The lowest BCUT2D eigenvalue weighted by atomic mass is 9.87. The fourth-order valence-corrected chi connectivity index (χ4v) is 4.13. The van der Waals surface area contributed by atoms with Crippen LogP contribution >= 0.6 is 9.24 Å². The van der Waals surface area contributed by atoms with Crippen molar-refractivity contribution in [3.8, 4) is 16.9 Å². The lowest BCUT2D eigenvalue weighted by Crippen LogP contribution is -2.16. The predicted octanol–water partition coefficient (Wildman–Crippen LogP) is 4.90. The van der Waals surface area contributed by atoms with Gasteiger partial charge in [-0.25, -0.2) is 0 Å². The molecule has 1 unspecified atom stereocenters. The number of allylic oxidation sites excluding steroid dienone is 2. The number of rotatable bonds is 6. The molecule has 1 N–H and O–H groups in total. The van der Waals surface area contributed by atoms with Crippen molar-refractivity contribution in [3.05, 3.63) is 60.2 Å². The second kappa shape index (κ2) is 9.35. The number of methoxy groups -OCH3 is 1. The maximum Gasteiger partial charge on any atom is 0.126 e. The average Bonchev–Trinajstić information content (AvgIpc) is 2.67. The molecule has 2 aromatic carbocycles. The van der Waals surface area contributed by atoms with Gasteiger partial charge >= 0.3 is 0 Å². The summed E-state index contributed by atoms with van der Waals surface area (Å²) in [4.78, 5) is 0. The smallest absolute Gasteiger partial charge is 0.126 e. The van der Waals surface area contributed by atoms with Crippen LogP contribution in [-0.2, 0) is 6.42 Å². The summed E-state index contributed by atoms with van der Waals surface area (Å²) < 4.78 is 5.41. The molecular weight excluding hydrogens is 339 g/mol. The Morgan fingerprint density at radius 3 is 2.50 bits per heavy atom. The second-order valence-corrected chi connectivity index (χ2v) is 7.73. The fraction of sp³-hybridized carbons (Fsp3) is 0.391. The zero-order valence-electron chi connectivity index (χ0n) is 15.5. The molecule has 0 spiro atoms. The molecule has 1 saturated carbocycles. The summed E-state index contributed by atoms with van der Waals surface area (Å²) in [7, 11) is 4.50. The minimum Gasteiger partial charge on any atom is -0.496 e. The monoisotopic (exact) mass is 368 g/mol. The summed E-state index contributed by atoms with van der Waals surface area (Å²) in [6, 6.07) is 15.0. The van der Waals surface area contributed by atoms with Gasteiger partial charge in [-0.1, -0.05) is 48.6 Å². The summed E-state index contributed by atoms with van der Waals surface area (Å²) in [5.41, 5.74) is 3.78. The van der Waals surface area contributed by atoms with Gasteiger partial charge in [-0.2, -0.15) is 0 Å². The van der Waals surface area contributed by atoms with Gasteiger partial charge in [0.25, 0.3) is 0 Å². The molecule has 1 atom stereocenters. The Labute approximate surface area is 159 Å². The summed E-state index contributed by atoms with van der Waals surface area (Å²) in [5, 5.41) is 10.7. The van der Waals surface area contributed by atoms with Crippen LogP contribution < -0.4 is 10.0 Å². The van der Waals surface area contributed by atoms with E-state index in [1.807, 2.05) is 12.1 Å². The van der Waals surface area contributed by atoms with Crippen LogP contribution in [0.3, 0.4) is 0 Å². The van der Waals surface area contributed by atoms with E-state index in [0.29, 0.717) is 5.92 Å². The molecule has 3 rings (SSSR count). The quantitative estimate of drug-likeness (QED) is 0.580. The number of hydrogen-bond donors (Lipinski definition) is 1. The van der Waals surface area contributed by atoms with Gasteiger partial charge < -0.3 is 9.84 Å². The van der Waals surface area contributed by atoms with Crippen molar-refractivity contribution in [3.63, 3.8) is 0 Å². The molecule has 26 heavy (non-hydrogen) atoms. The molecule has 0 radical (unpaired) electrons. The second-order valence-electron chi connectivity index (χ2n) is 7.15. The third-order valence-electron chi connectivity index (χ3n) is 5.30. The number of hydrogen-bond acceptors (Lipinski definition) is 2. The van der Waals surface area contributed by atoms with Crippen LogP contribution in [0.15, 0.2) is 54.6 Å². The van der Waals surface area contributed by atoms with Gasteiger partial charge in [-0.3, -0.25) is 0 Å². The van der Waals surface area contributed by atoms with Gasteiger partial charge in [0, 0.05) is 5.30 Å². The van der Waals surface area contributed by atoms with Crippen LogP contribution in [0.25, 0.3) is 11.1 Å². The topological polar surface area (TPSA) is 29.5 Å². The number of aliphatic hydroxyl groups is 1. The van der Waals surface area contributed by atoms with Gasteiger partial charge in [0.1, 0.15) is 5.75 Å². The van der Waals surface area contributed by atoms with E-state index in [9.17, 15) is 5.11 Å². The van der Waals surface area contributed by atoms with Gasteiger partial charge in [-0.05, 0) is 67.2 Å². The van der Waals surface area contributed by atoms with Gasteiger partial charge in [0.2, 0.25) is 0 Å². The molecule has 0 saturated heterocycles. The van der Waals surface area contributed by atoms with Crippen LogP contribution in [0.5, 0.6) is 5.75 Å². The molecule has 0 bridgehead atoms. The van der Waals surface area contributed by atoms with Gasteiger partial charge in [-0.15, -0.1) is 9.24 Å². The summed E-state index contributed by atoms with van der Waals surface area (Å²) in [6.45, 7) is 0. The van der Waals surface area contributed by atoms with E-state index in [1.165, 1.54) is 16.7 Å². The van der Waals surface area contributed by atoms with E-state index in [4.69, 9.17) is 4.74 Å². The van der Waals surface area contributed by atoms with Crippen molar-refractivity contribution in [1.29, 1.82) is 0 Å².